The van der Waals surface area contributed by atoms with Crippen LogP contribution in [0.2, 0.25) is 0 Å². The summed E-state index contributed by atoms with van der Waals surface area (Å²) in [6.45, 7) is 0. The first-order chi connectivity index (χ1) is 4.34. The number of quaternary nitrogens is 1. The number of rotatable bonds is 1. The number of methoxy groups -OCH3 is 1. The Hall–Kier alpha value is -0.640. The lowest BCUT2D eigenvalue weighted by Gasteiger charge is -2.25. The second-order valence-corrected chi connectivity index (χ2v) is 1.80. The molecule has 0 spiro atoms. The van der Waals surface area contributed by atoms with Crippen LogP contribution in [0.4, 0.5) is 0 Å². The van der Waals surface area contributed by atoms with Crippen LogP contribution in [-0.4, -0.2) is 13.3 Å². The molecule has 0 aliphatic carbocycles. The van der Waals surface area contributed by atoms with Crippen molar-refractivity contribution >= 4 is 0 Å². The minimum absolute atomic E-state index is 0.0139. The van der Waals surface area contributed by atoms with Gasteiger partial charge in [0.05, 0.1) is 6.20 Å². The third-order valence-corrected chi connectivity index (χ3v) is 1.19. The molecule has 0 fully saturated rings. The van der Waals surface area contributed by atoms with E-state index in [0.29, 0.717) is 0 Å². The Balaban J connectivity index is 2.55. The third-order valence-electron chi connectivity index (χ3n) is 1.19. The van der Waals surface area contributed by atoms with Crippen molar-refractivity contribution in [3.8, 4) is 0 Å². The van der Waals surface area contributed by atoms with E-state index >= 15 is 0 Å². The van der Waals surface area contributed by atoms with Gasteiger partial charge in [-0.15, -0.1) is 0 Å². The van der Waals surface area contributed by atoms with Crippen LogP contribution in [0.25, 0.3) is 0 Å². The minimum atomic E-state index is -0.352. The lowest BCUT2D eigenvalue weighted by atomic mass is 10.4. The van der Waals surface area contributed by atoms with Crippen LogP contribution in [0.3, 0.4) is 0 Å². The fourth-order valence-corrected chi connectivity index (χ4v) is 0.700. The molecule has 0 aromatic heterocycles. The first-order valence-electron chi connectivity index (χ1n) is 2.76. The summed E-state index contributed by atoms with van der Waals surface area (Å²) in [6, 6.07) is 0. The molecule has 2 unspecified atom stereocenters. The summed E-state index contributed by atoms with van der Waals surface area (Å²) < 4.78 is 4.82. The highest BCUT2D eigenvalue weighted by Crippen LogP contribution is 1.87. The molecule has 9 heavy (non-hydrogen) atoms. The fourth-order valence-electron chi connectivity index (χ4n) is 0.700. The van der Waals surface area contributed by atoms with Gasteiger partial charge in [0.2, 0.25) is 6.23 Å². The predicted molar refractivity (Wildman–Crippen MR) is 33.4 cm³/mol. The first-order valence-corrected chi connectivity index (χ1v) is 2.76. The fraction of sp³-hybridized carbons (Fsp3) is 0.333. The summed E-state index contributed by atoms with van der Waals surface area (Å²) in [4.78, 5) is 0. The molecule has 0 amide bonds. The summed E-state index contributed by atoms with van der Waals surface area (Å²) in [5.41, 5.74) is 0. The van der Waals surface area contributed by atoms with Gasteiger partial charge in [0.25, 0.3) is 0 Å². The Labute approximate surface area is 53.8 Å². The molecule has 1 N–H and O–H groups in total. The summed E-state index contributed by atoms with van der Waals surface area (Å²) in [5, 5.41) is 10.8. The van der Waals surface area contributed by atoms with Gasteiger partial charge in [0.15, 0.2) is 0 Å². The quantitative estimate of drug-likeness (QED) is 0.479. The van der Waals surface area contributed by atoms with Crippen molar-refractivity contribution in [2.45, 2.75) is 6.23 Å². The van der Waals surface area contributed by atoms with E-state index in [9.17, 15) is 5.21 Å². The number of nitrogens with one attached hydrogen (secondary N) is 1. The monoisotopic (exact) mass is 127 g/mol. The highest BCUT2D eigenvalue weighted by Gasteiger charge is 2.08. The van der Waals surface area contributed by atoms with Crippen molar-refractivity contribution < 1.29 is 9.80 Å². The van der Waals surface area contributed by atoms with Crippen molar-refractivity contribution in [2.75, 3.05) is 7.11 Å². The lowest BCUT2D eigenvalue weighted by Crippen LogP contribution is -3.07. The maximum Gasteiger partial charge on any atom is 0.215 e. The summed E-state index contributed by atoms with van der Waals surface area (Å²) in [7, 11) is 1.52. The molecule has 0 radical (unpaired) electrons. The third kappa shape index (κ3) is 1.38. The van der Waals surface area contributed by atoms with Gasteiger partial charge in [0, 0.05) is 13.2 Å². The van der Waals surface area contributed by atoms with Gasteiger partial charge in [0.1, 0.15) is 0 Å². The molecule has 1 aliphatic heterocycles. The number of hydrogen-bond acceptors (Lipinski definition) is 2. The van der Waals surface area contributed by atoms with Crippen molar-refractivity contribution in [3.63, 3.8) is 0 Å². The number of allylic oxidation sites excluding steroid dienone is 2. The lowest BCUT2D eigenvalue weighted by molar-refractivity contribution is -0.841. The molecule has 0 saturated heterocycles. The number of ether oxygens (including phenoxy) is 1. The molecule has 0 aromatic carbocycles. The van der Waals surface area contributed by atoms with Gasteiger partial charge in [-0.1, -0.05) is 6.08 Å². The zero-order chi connectivity index (χ0) is 6.69. The van der Waals surface area contributed by atoms with E-state index in [2.05, 4.69) is 0 Å². The van der Waals surface area contributed by atoms with E-state index < -0.39 is 0 Å². The molecule has 0 aromatic rings. The second kappa shape index (κ2) is 2.77. The van der Waals surface area contributed by atoms with Crippen LogP contribution >= 0.6 is 0 Å². The second-order valence-electron chi connectivity index (χ2n) is 1.80. The topological polar surface area (TPSA) is 36.7 Å². The highest BCUT2D eigenvalue weighted by atomic mass is 16.6. The summed E-state index contributed by atoms with van der Waals surface area (Å²) in [6.07, 6.45) is 6.39. The molecular formula is C6H9NO2. The molecular weight excluding hydrogens is 118 g/mol. The first kappa shape index (κ1) is 6.48. The van der Waals surface area contributed by atoms with Crippen LogP contribution in [0, 0.1) is 5.21 Å². The molecule has 3 heteroatoms. The van der Waals surface area contributed by atoms with Crippen molar-refractivity contribution in [3.05, 3.63) is 29.6 Å². The molecule has 3 nitrogen and oxygen atoms in total. The van der Waals surface area contributed by atoms with E-state index in [4.69, 9.17) is 4.74 Å². The van der Waals surface area contributed by atoms with E-state index in [-0.39, 0.29) is 11.3 Å². The molecule has 50 valence electrons. The predicted octanol–water partition coefficient (Wildman–Crippen LogP) is -0.575. The largest absolute Gasteiger partial charge is 0.627 e. The van der Waals surface area contributed by atoms with Gasteiger partial charge < -0.3 is 15.0 Å². The number of hydroxylamine groups is 2. The van der Waals surface area contributed by atoms with Crippen molar-refractivity contribution in [1.29, 1.82) is 0 Å². The Morgan fingerprint density at radius 1 is 1.56 bits per heavy atom. The molecule has 2 atom stereocenters. The Bertz CT molecular complexity index is 142. The Morgan fingerprint density at radius 2 is 2.33 bits per heavy atom. The van der Waals surface area contributed by atoms with Gasteiger partial charge in [-0.25, -0.2) is 0 Å². The standard InChI is InChI=1S/C6H9NO2/c1-9-6-4-2-3-5-7(6)8/h2-7H,1H3. The SMILES string of the molecule is COC1C=CC=C[NH+]1[O-]. The molecule has 0 saturated carbocycles. The highest BCUT2D eigenvalue weighted by molar-refractivity contribution is 5.03. The van der Waals surface area contributed by atoms with E-state index in [1.165, 1.54) is 13.3 Å². The number of hydrogen-bond donors (Lipinski definition) is 1. The Morgan fingerprint density at radius 3 is 2.78 bits per heavy atom. The molecule has 1 aliphatic rings. The Kier molecular flexibility index (Phi) is 2.00. The summed E-state index contributed by atoms with van der Waals surface area (Å²) >= 11 is 0. The van der Waals surface area contributed by atoms with Crippen molar-refractivity contribution in [1.82, 2.24) is 0 Å². The van der Waals surface area contributed by atoms with Crippen molar-refractivity contribution in [2.24, 2.45) is 0 Å². The van der Waals surface area contributed by atoms with Gasteiger partial charge in [-0.05, 0) is 6.08 Å². The van der Waals surface area contributed by atoms with E-state index in [0.717, 1.165) is 0 Å². The van der Waals surface area contributed by atoms with Gasteiger partial charge >= 0.3 is 0 Å². The molecule has 1 heterocycles. The van der Waals surface area contributed by atoms with Gasteiger partial charge in [-0.2, -0.15) is 0 Å². The molecule has 0 bridgehead atoms. The minimum Gasteiger partial charge on any atom is -0.627 e. The summed E-state index contributed by atoms with van der Waals surface area (Å²) in [5.74, 6) is 0. The van der Waals surface area contributed by atoms with Gasteiger partial charge in [-0.3, -0.25) is 0 Å². The average Bonchev–Trinajstić information content (AvgIpc) is 1.89. The normalized spacial score (nSPS) is 33.1. The molecule has 1 rings (SSSR count). The zero-order valence-electron chi connectivity index (χ0n) is 5.20. The van der Waals surface area contributed by atoms with Crippen LogP contribution < -0.4 is 5.06 Å². The van der Waals surface area contributed by atoms with Crippen LogP contribution in [0.1, 0.15) is 0 Å². The maximum absolute atomic E-state index is 10.8. The van der Waals surface area contributed by atoms with Crippen LogP contribution in [0.5, 0.6) is 0 Å². The zero-order valence-corrected chi connectivity index (χ0v) is 5.20. The maximum atomic E-state index is 10.8. The van der Waals surface area contributed by atoms with Crippen LogP contribution in [0.15, 0.2) is 24.4 Å². The van der Waals surface area contributed by atoms with E-state index in [1.807, 2.05) is 0 Å². The van der Waals surface area contributed by atoms with Crippen LogP contribution in [-0.2, 0) is 4.74 Å². The average molecular weight is 127 g/mol. The van der Waals surface area contributed by atoms with E-state index in [1.54, 1.807) is 18.2 Å². The smallest absolute Gasteiger partial charge is 0.215 e.